The Bertz CT molecular complexity index is 659. The van der Waals surface area contributed by atoms with Gasteiger partial charge in [-0.1, -0.05) is 165 Å². The maximum absolute atomic E-state index is 13.6. The summed E-state index contributed by atoms with van der Waals surface area (Å²) in [6, 6.07) is 0. The van der Waals surface area contributed by atoms with Crippen LogP contribution in [0.4, 0.5) is 0 Å². The zero-order valence-corrected chi connectivity index (χ0v) is 28.4. The number of Topliss-reactive ketones (excluding diaryl/α,β-unsaturated/α-hetero) is 2. The van der Waals surface area contributed by atoms with Crippen molar-refractivity contribution in [3.8, 4) is 0 Å². The fourth-order valence-corrected chi connectivity index (χ4v) is 9.86. The number of hydrogen-bond donors (Lipinski definition) is 0. The second-order valence-electron chi connectivity index (χ2n) is 14.3. The fourth-order valence-electron chi connectivity index (χ4n) is 9.13. The molecule has 0 bridgehead atoms. The van der Waals surface area contributed by atoms with Crippen molar-refractivity contribution in [3.63, 3.8) is 0 Å². The van der Waals surface area contributed by atoms with Gasteiger partial charge in [0.05, 0.1) is 4.83 Å². The first kappa shape index (κ1) is 34.3. The standard InChI is InChI=1S/C37H65BrO2/c1-4-6-8-10-12-14-16-18-20-22-24-29-31-26-28(3)36(39)34(31)30(32-27-33(38)37(40)35(29)32)25-23-21-19-17-15-13-11-9-7-5-2/h28-35H,4-27H2,1-3H3. The molecule has 0 heterocycles. The van der Waals surface area contributed by atoms with Crippen molar-refractivity contribution in [2.45, 2.75) is 180 Å². The van der Waals surface area contributed by atoms with Crippen LogP contribution in [-0.4, -0.2) is 16.4 Å². The maximum Gasteiger partial charge on any atom is 0.150 e. The molecule has 0 amide bonds. The molecule has 3 aliphatic carbocycles. The highest BCUT2D eigenvalue weighted by Gasteiger charge is 2.60. The lowest BCUT2D eigenvalue weighted by Crippen LogP contribution is -2.46. The van der Waals surface area contributed by atoms with Crippen LogP contribution in [0.1, 0.15) is 175 Å². The first-order valence-electron chi connectivity index (χ1n) is 18.2. The number of halogens is 1. The molecule has 3 heteroatoms. The van der Waals surface area contributed by atoms with Gasteiger partial charge in [-0.15, -0.1) is 0 Å². The number of alkyl halides is 1. The van der Waals surface area contributed by atoms with Crippen molar-refractivity contribution < 1.29 is 9.59 Å². The summed E-state index contributed by atoms with van der Waals surface area (Å²) in [5.74, 6) is 3.53. The van der Waals surface area contributed by atoms with Crippen LogP contribution >= 0.6 is 15.9 Å². The van der Waals surface area contributed by atoms with Crippen LogP contribution in [0.15, 0.2) is 0 Å². The number of hydrogen-bond acceptors (Lipinski definition) is 2. The molecule has 3 rings (SSSR count). The quantitative estimate of drug-likeness (QED) is 0.0890. The van der Waals surface area contributed by atoms with Crippen LogP contribution in [0.25, 0.3) is 0 Å². The monoisotopic (exact) mass is 620 g/mol. The summed E-state index contributed by atoms with van der Waals surface area (Å²) < 4.78 is 0. The first-order valence-corrected chi connectivity index (χ1v) is 19.1. The number of ketones is 2. The third kappa shape index (κ3) is 9.94. The van der Waals surface area contributed by atoms with Gasteiger partial charge in [0.2, 0.25) is 0 Å². The van der Waals surface area contributed by atoms with E-state index in [1.165, 1.54) is 141 Å². The number of carbonyl (C=O) groups is 2. The minimum Gasteiger partial charge on any atom is -0.299 e. The molecule has 40 heavy (non-hydrogen) atoms. The predicted molar refractivity (Wildman–Crippen MR) is 175 cm³/mol. The Morgan fingerprint density at radius 1 is 0.525 bits per heavy atom. The molecule has 3 aliphatic rings. The van der Waals surface area contributed by atoms with Gasteiger partial charge in [0.25, 0.3) is 0 Å². The van der Waals surface area contributed by atoms with Gasteiger partial charge in [-0.05, 0) is 49.4 Å². The second kappa shape index (κ2) is 19.2. The molecule has 0 aliphatic heterocycles. The van der Waals surface area contributed by atoms with Crippen LogP contribution in [0.5, 0.6) is 0 Å². The van der Waals surface area contributed by atoms with Gasteiger partial charge in [0, 0.05) is 17.8 Å². The highest BCUT2D eigenvalue weighted by molar-refractivity contribution is 9.10. The molecule has 8 atom stereocenters. The van der Waals surface area contributed by atoms with E-state index in [1.807, 2.05) is 0 Å². The van der Waals surface area contributed by atoms with E-state index < -0.39 is 0 Å². The Morgan fingerprint density at radius 2 is 0.875 bits per heavy atom. The van der Waals surface area contributed by atoms with Crippen LogP contribution < -0.4 is 0 Å². The lowest BCUT2D eigenvalue weighted by atomic mass is 9.56. The average molecular weight is 622 g/mol. The fraction of sp³-hybridized carbons (Fsp3) is 0.946. The smallest absolute Gasteiger partial charge is 0.150 e. The summed E-state index contributed by atoms with van der Waals surface area (Å²) in [7, 11) is 0. The van der Waals surface area contributed by atoms with E-state index in [2.05, 4.69) is 36.7 Å². The minimum atomic E-state index is 0.0271. The molecule has 0 saturated heterocycles. The highest BCUT2D eigenvalue weighted by atomic mass is 79.9. The number of rotatable bonds is 22. The van der Waals surface area contributed by atoms with E-state index in [0.717, 1.165) is 12.8 Å². The van der Waals surface area contributed by atoms with Crippen LogP contribution in [0, 0.1) is 41.4 Å². The predicted octanol–water partition coefficient (Wildman–Crippen LogP) is 11.7. The first-order chi connectivity index (χ1) is 19.5. The molecule has 2 nitrogen and oxygen atoms in total. The zero-order valence-electron chi connectivity index (χ0n) is 26.8. The molecule has 0 aromatic heterocycles. The lowest BCUT2D eigenvalue weighted by Gasteiger charge is -2.46. The van der Waals surface area contributed by atoms with Crippen LogP contribution in [0.2, 0.25) is 0 Å². The second-order valence-corrected chi connectivity index (χ2v) is 15.4. The Kier molecular flexibility index (Phi) is 16.4. The van der Waals surface area contributed by atoms with Gasteiger partial charge in [0.1, 0.15) is 11.6 Å². The van der Waals surface area contributed by atoms with Crippen molar-refractivity contribution in [2.75, 3.05) is 0 Å². The topological polar surface area (TPSA) is 34.1 Å². The van der Waals surface area contributed by atoms with Crippen molar-refractivity contribution in [1.82, 2.24) is 0 Å². The molecular weight excluding hydrogens is 556 g/mol. The van der Waals surface area contributed by atoms with E-state index in [-0.39, 0.29) is 22.6 Å². The Balaban J connectivity index is 1.48. The van der Waals surface area contributed by atoms with E-state index in [4.69, 9.17) is 0 Å². The molecule has 0 aromatic rings. The normalized spacial score (nSPS) is 31.6. The third-order valence-corrected chi connectivity index (χ3v) is 12.1. The minimum absolute atomic E-state index is 0.0271. The summed E-state index contributed by atoms with van der Waals surface area (Å²) in [6.07, 6.45) is 31.5. The van der Waals surface area contributed by atoms with Gasteiger partial charge in [-0.3, -0.25) is 9.59 Å². The van der Waals surface area contributed by atoms with Crippen molar-refractivity contribution in [1.29, 1.82) is 0 Å². The van der Waals surface area contributed by atoms with E-state index in [0.29, 0.717) is 35.2 Å². The molecule has 0 N–H and O–H groups in total. The van der Waals surface area contributed by atoms with Crippen molar-refractivity contribution >= 4 is 27.5 Å². The van der Waals surface area contributed by atoms with E-state index >= 15 is 0 Å². The Hall–Kier alpha value is -0.180. The number of carbonyl (C=O) groups excluding carboxylic acids is 2. The summed E-state index contributed by atoms with van der Waals surface area (Å²) in [4.78, 5) is 27.1. The van der Waals surface area contributed by atoms with Gasteiger partial charge < -0.3 is 0 Å². The van der Waals surface area contributed by atoms with Gasteiger partial charge in [-0.2, -0.15) is 0 Å². The molecule has 3 fully saturated rings. The molecule has 8 unspecified atom stereocenters. The third-order valence-electron chi connectivity index (χ3n) is 11.3. The van der Waals surface area contributed by atoms with Crippen molar-refractivity contribution in [3.05, 3.63) is 0 Å². The summed E-state index contributed by atoms with van der Waals surface area (Å²) in [6.45, 7) is 6.75. The lowest BCUT2D eigenvalue weighted by molar-refractivity contribution is -0.135. The Morgan fingerprint density at radius 3 is 1.30 bits per heavy atom. The van der Waals surface area contributed by atoms with Crippen LogP contribution in [-0.2, 0) is 9.59 Å². The molecular formula is C37H65BrO2. The SMILES string of the molecule is CCCCCCCCCCCCC1C2CC(Br)C(=O)C2C(CCCCCCCCCCCC)C2CC(C)C(=O)C21. The van der Waals surface area contributed by atoms with Gasteiger partial charge >= 0.3 is 0 Å². The van der Waals surface area contributed by atoms with E-state index in [1.54, 1.807) is 0 Å². The molecule has 3 saturated carbocycles. The average Bonchev–Trinajstić information content (AvgIpc) is 3.41. The van der Waals surface area contributed by atoms with Gasteiger partial charge in [0.15, 0.2) is 0 Å². The van der Waals surface area contributed by atoms with Crippen molar-refractivity contribution in [2.24, 2.45) is 41.4 Å². The number of unbranched alkanes of at least 4 members (excludes halogenated alkanes) is 18. The maximum atomic E-state index is 13.6. The largest absolute Gasteiger partial charge is 0.299 e. The molecule has 0 radical (unpaired) electrons. The van der Waals surface area contributed by atoms with Gasteiger partial charge in [-0.25, -0.2) is 0 Å². The van der Waals surface area contributed by atoms with Crippen LogP contribution in [0.3, 0.4) is 0 Å². The molecule has 0 aromatic carbocycles. The molecule has 0 spiro atoms. The highest BCUT2D eigenvalue weighted by Crippen LogP contribution is 2.60. The molecule has 232 valence electrons. The summed E-state index contributed by atoms with van der Waals surface area (Å²) >= 11 is 3.79. The number of fused-ring (bicyclic) bond motifs is 2. The zero-order chi connectivity index (χ0) is 28.7. The summed E-state index contributed by atoms with van der Waals surface area (Å²) in [5, 5.41) is 0. The van der Waals surface area contributed by atoms with E-state index in [9.17, 15) is 9.59 Å². The Labute approximate surface area is 257 Å². The summed E-state index contributed by atoms with van der Waals surface area (Å²) in [5.41, 5.74) is 0.